The van der Waals surface area contributed by atoms with Crippen molar-refractivity contribution in [2.75, 3.05) is 18.8 Å². The molecular formula is C38H46Cl2N2O7S. The molecular weight excluding hydrogens is 699 g/mol. The normalized spacial score (nSPS) is 21.1. The Labute approximate surface area is 305 Å². The van der Waals surface area contributed by atoms with Gasteiger partial charge < -0.3 is 19.5 Å². The van der Waals surface area contributed by atoms with Crippen LogP contribution in [0.25, 0.3) is 0 Å². The lowest BCUT2D eigenvalue weighted by atomic mass is 9.70. The zero-order valence-electron chi connectivity index (χ0n) is 28.7. The summed E-state index contributed by atoms with van der Waals surface area (Å²) < 4.78 is 41.0. The van der Waals surface area contributed by atoms with Crippen molar-refractivity contribution in [1.82, 2.24) is 9.62 Å². The average Bonchev–Trinajstić information content (AvgIpc) is 3.05. The number of fused-ring (bicyclic) bond motifs is 3. The van der Waals surface area contributed by atoms with Crippen molar-refractivity contribution in [2.24, 2.45) is 11.8 Å². The summed E-state index contributed by atoms with van der Waals surface area (Å²) in [5, 5.41) is 10.7. The number of nitrogens with zero attached hydrogens (tertiary/aromatic N) is 1. The molecule has 2 N–H and O–H groups in total. The lowest BCUT2D eigenvalue weighted by Crippen LogP contribution is -2.54. The van der Waals surface area contributed by atoms with Gasteiger partial charge in [-0.15, -0.1) is 0 Å². The highest BCUT2D eigenvalue weighted by Gasteiger charge is 2.52. The lowest BCUT2D eigenvalue weighted by molar-refractivity contribution is -0.184. The molecule has 2 heterocycles. The number of hydrogen-bond donors (Lipinski definition) is 2. The molecule has 9 nitrogen and oxygen atoms in total. The molecule has 0 radical (unpaired) electrons. The molecule has 2 aliphatic rings. The van der Waals surface area contributed by atoms with Crippen molar-refractivity contribution in [3.63, 3.8) is 0 Å². The Morgan fingerprint density at radius 2 is 1.70 bits per heavy atom. The van der Waals surface area contributed by atoms with Crippen LogP contribution in [0.4, 0.5) is 0 Å². The van der Waals surface area contributed by atoms with Gasteiger partial charge in [-0.2, -0.15) is 0 Å². The minimum Gasteiger partial charge on any atom is -0.487 e. The van der Waals surface area contributed by atoms with Crippen LogP contribution < -0.4 is 9.46 Å². The van der Waals surface area contributed by atoms with E-state index in [9.17, 15) is 23.1 Å². The molecule has 0 unspecified atom stereocenters. The van der Waals surface area contributed by atoms with E-state index in [0.717, 1.165) is 28.7 Å². The second-order valence-corrected chi connectivity index (χ2v) is 16.6. The number of carbonyl (C=O) groups excluding carboxylic acids is 1. The van der Waals surface area contributed by atoms with Crippen LogP contribution in [-0.4, -0.2) is 60.8 Å². The number of hydrogen-bond acceptors (Lipinski definition) is 6. The molecule has 1 fully saturated rings. The zero-order chi connectivity index (χ0) is 36.1. The zero-order valence-corrected chi connectivity index (χ0v) is 31.1. The van der Waals surface area contributed by atoms with Crippen LogP contribution in [0.3, 0.4) is 0 Å². The number of carboxylic acids is 1. The molecule has 1 amide bonds. The van der Waals surface area contributed by atoms with Gasteiger partial charge in [0.25, 0.3) is 0 Å². The predicted molar refractivity (Wildman–Crippen MR) is 195 cm³/mol. The summed E-state index contributed by atoms with van der Waals surface area (Å²) in [5.74, 6) is -1.20. The average molecular weight is 746 g/mol. The molecule has 2 aliphatic heterocycles. The van der Waals surface area contributed by atoms with Gasteiger partial charge in [-0.25, -0.2) is 13.1 Å². The van der Waals surface area contributed by atoms with Gasteiger partial charge in [0, 0.05) is 41.2 Å². The van der Waals surface area contributed by atoms with E-state index in [1.165, 1.54) is 0 Å². The van der Waals surface area contributed by atoms with E-state index in [-0.39, 0.29) is 43.6 Å². The van der Waals surface area contributed by atoms with Crippen molar-refractivity contribution >= 4 is 45.1 Å². The third-order valence-electron chi connectivity index (χ3n) is 9.61. The molecule has 270 valence electrons. The number of carboxylic acid groups (broad SMARTS) is 1. The maximum atomic E-state index is 14.6. The van der Waals surface area contributed by atoms with Crippen molar-refractivity contribution in [3.05, 3.63) is 99.0 Å². The van der Waals surface area contributed by atoms with Crippen LogP contribution in [-0.2, 0) is 43.7 Å². The number of carbonyl (C=O) groups is 2. The number of ether oxygens (including phenoxy) is 2. The Balaban J connectivity index is 1.46. The Morgan fingerprint density at radius 1 is 1.00 bits per heavy atom. The Bertz CT molecular complexity index is 1780. The van der Waals surface area contributed by atoms with Crippen molar-refractivity contribution in [2.45, 2.75) is 83.6 Å². The van der Waals surface area contributed by atoms with E-state index >= 15 is 0 Å². The number of aliphatic carboxylic acids is 1. The van der Waals surface area contributed by atoms with Crippen LogP contribution >= 0.6 is 23.2 Å². The summed E-state index contributed by atoms with van der Waals surface area (Å²) in [6.07, 6.45) is 1.62. The molecule has 5 rings (SSSR count). The second-order valence-electron chi connectivity index (χ2n) is 13.8. The molecule has 50 heavy (non-hydrogen) atoms. The number of amides is 1. The molecule has 0 saturated carbocycles. The smallest absolute Gasteiger partial charge is 0.305 e. The lowest BCUT2D eigenvalue weighted by Gasteiger charge is -2.51. The molecule has 3 aromatic rings. The maximum Gasteiger partial charge on any atom is 0.305 e. The second kappa shape index (κ2) is 16.5. The molecule has 12 heteroatoms. The van der Waals surface area contributed by atoms with E-state index in [2.05, 4.69) is 4.72 Å². The molecule has 1 saturated heterocycles. The molecule has 0 aliphatic carbocycles. The fourth-order valence-corrected chi connectivity index (χ4v) is 8.64. The van der Waals surface area contributed by atoms with Crippen LogP contribution in [0.5, 0.6) is 5.75 Å². The summed E-state index contributed by atoms with van der Waals surface area (Å²) in [5.41, 5.74) is 2.84. The van der Waals surface area contributed by atoms with Crippen LogP contribution in [0.1, 0.15) is 74.8 Å². The largest absolute Gasteiger partial charge is 0.487 e. The van der Waals surface area contributed by atoms with E-state index < -0.39 is 39.7 Å². The SMILES string of the molecule is CCCCS(=O)(=O)NCCc1ccc2c(c1)[C@@H]1O[C@H](Cc3cccc(Cl)c3)[C@H](C(=O)N(CCC(=O)O)Cc3cccc(Cl)c3)C[C@H]1C(C)(C)O2. The molecule has 0 spiro atoms. The van der Waals surface area contributed by atoms with Crippen molar-refractivity contribution < 1.29 is 32.6 Å². The highest BCUT2D eigenvalue weighted by atomic mass is 35.5. The van der Waals surface area contributed by atoms with Crippen LogP contribution in [0.15, 0.2) is 66.7 Å². The summed E-state index contributed by atoms with van der Waals surface area (Å²) in [4.78, 5) is 27.9. The van der Waals surface area contributed by atoms with Gasteiger partial charge in [0.2, 0.25) is 15.9 Å². The minimum atomic E-state index is -3.34. The van der Waals surface area contributed by atoms with Gasteiger partial charge in [0.15, 0.2) is 0 Å². The summed E-state index contributed by atoms with van der Waals surface area (Å²) in [7, 11) is -3.34. The van der Waals surface area contributed by atoms with Gasteiger partial charge in [-0.05, 0) is 92.6 Å². The Hall–Kier alpha value is -3.15. The number of sulfonamides is 1. The van der Waals surface area contributed by atoms with Gasteiger partial charge in [-0.1, -0.05) is 66.9 Å². The first-order valence-electron chi connectivity index (χ1n) is 17.2. The first kappa shape index (κ1) is 38.1. The number of rotatable bonds is 15. The highest BCUT2D eigenvalue weighted by Crippen LogP contribution is 2.53. The Morgan fingerprint density at radius 3 is 2.38 bits per heavy atom. The summed E-state index contributed by atoms with van der Waals surface area (Å²) >= 11 is 12.6. The standard InChI is InChI=1S/C38H46Cl2N2O7S/c1-4-5-18-50(46,47)41-16-14-25-12-13-33-30(21-25)36-32(38(2,3)49-33)23-31(34(48-36)22-26-8-6-10-28(39)19-26)37(45)42(17-15-35(43)44)24-27-9-7-11-29(40)20-27/h6-13,19-21,31-32,34,36,41H,4-5,14-18,22-24H2,1-3H3,(H,43,44)/t31-,32-,34-,36+/m1/s1. The van der Waals surface area contributed by atoms with Gasteiger partial charge in [0.1, 0.15) is 11.4 Å². The third kappa shape index (κ3) is 9.79. The third-order valence-corrected chi connectivity index (χ3v) is 11.5. The first-order valence-corrected chi connectivity index (χ1v) is 19.6. The van der Waals surface area contributed by atoms with Crippen molar-refractivity contribution in [3.8, 4) is 5.75 Å². The monoisotopic (exact) mass is 744 g/mol. The number of nitrogens with one attached hydrogen (secondary N) is 1. The molecule has 0 aromatic heterocycles. The minimum absolute atomic E-state index is 0.0312. The van der Waals surface area contributed by atoms with Crippen LogP contribution in [0, 0.1) is 11.8 Å². The number of benzene rings is 3. The van der Waals surface area contributed by atoms with E-state index in [1.807, 2.05) is 69.3 Å². The van der Waals surface area contributed by atoms with Crippen LogP contribution in [0.2, 0.25) is 10.0 Å². The Kier molecular flexibility index (Phi) is 12.5. The number of unbranched alkanes of at least 4 members (excludes halogenated alkanes) is 1. The van der Waals surface area contributed by atoms with E-state index in [4.69, 9.17) is 32.7 Å². The molecule has 0 bridgehead atoms. The van der Waals surface area contributed by atoms with E-state index in [0.29, 0.717) is 41.5 Å². The fourth-order valence-electron chi connectivity index (χ4n) is 6.99. The predicted octanol–water partition coefficient (Wildman–Crippen LogP) is 7.24. The van der Waals surface area contributed by atoms with Gasteiger partial charge in [-0.3, -0.25) is 9.59 Å². The maximum absolute atomic E-state index is 14.6. The molecule has 3 aromatic carbocycles. The van der Waals surface area contributed by atoms with Crippen molar-refractivity contribution in [1.29, 1.82) is 0 Å². The summed E-state index contributed by atoms with van der Waals surface area (Å²) in [6, 6.07) is 20.6. The van der Waals surface area contributed by atoms with Gasteiger partial charge in [0.05, 0.1) is 30.3 Å². The van der Waals surface area contributed by atoms with E-state index in [1.54, 1.807) is 23.1 Å². The number of halogens is 2. The summed E-state index contributed by atoms with van der Waals surface area (Å²) in [6.45, 7) is 6.48. The van der Waals surface area contributed by atoms with Gasteiger partial charge >= 0.3 is 5.97 Å². The quantitative estimate of drug-likeness (QED) is 0.168. The fraction of sp³-hybridized carbons (Fsp3) is 0.474. The highest BCUT2D eigenvalue weighted by molar-refractivity contribution is 7.89. The molecule has 4 atom stereocenters. The first-order chi connectivity index (χ1) is 23.7. The topological polar surface area (TPSA) is 122 Å².